The summed E-state index contributed by atoms with van der Waals surface area (Å²) in [6.45, 7) is -0.781. The number of rotatable bonds is 5. The first-order valence-electron chi connectivity index (χ1n) is 9.71. The summed E-state index contributed by atoms with van der Waals surface area (Å²) in [7, 11) is -6.01. The van der Waals surface area contributed by atoms with Crippen LogP contribution < -0.4 is 11.2 Å². The highest BCUT2D eigenvalue weighted by molar-refractivity contribution is 7.87. The van der Waals surface area contributed by atoms with E-state index in [2.05, 4.69) is 4.18 Å². The first kappa shape index (κ1) is 23.4. The van der Waals surface area contributed by atoms with Gasteiger partial charge in [-0.1, -0.05) is 0 Å². The highest BCUT2D eigenvalue weighted by Gasteiger charge is 2.72. The molecule has 1 aromatic heterocycles. The first-order chi connectivity index (χ1) is 14.8. The highest BCUT2D eigenvalue weighted by atomic mass is 32.2. The number of halogens is 3. The third-order valence-corrected chi connectivity index (χ3v) is 7.05. The van der Waals surface area contributed by atoms with Crippen LogP contribution in [0.3, 0.4) is 0 Å². The van der Waals surface area contributed by atoms with Crippen LogP contribution in [-0.2, 0) is 28.5 Å². The van der Waals surface area contributed by atoms with E-state index in [1.165, 1.54) is 6.92 Å². The van der Waals surface area contributed by atoms with Gasteiger partial charge in [-0.15, -0.1) is 0 Å². The van der Waals surface area contributed by atoms with Crippen molar-refractivity contribution in [1.29, 1.82) is 0 Å². The van der Waals surface area contributed by atoms with Gasteiger partial charge in [-0.05, 0) is 19.8 Å². The smallest absolute Gasteiger partial charge is 0.393 e. The molecule has 2 saturated heterocycles. The molecule has 2 N–H and O–H groups in total. The Bertz CT molecular complexity index is 1110. The molecule has 11 nitrogen and oxygen atoms in total. The normalized spacial score (nSPS) is 34.3. The molecule has 2 aliphatic heterocycles. The van der Waals surface area contributed by atoms with E-state index < -0.39 is 69.4 Å². The Morgan fingerprint density at radius 1 is 1.28 bits per heavy atom. The topological polar surface area (TPSA) is 146 Å². The van der Waals surface area contributed by atoms with E-state index in [0.717, 1.165) is 29.7 Å². The molecule has 3 fully saturated rings. The number of nitrogens with zero attached hydrogens (tertiary/aromatic N) is 1. The standard InChI is InChI=1S/C17H21F3N2O9S/c1-14-11(29-16(31-14)5-2-3-6-16)15(8-23,9-28-32(26,27)17(18,19)20)30-12(14)22-7-4-10(24)21-13(22)25/h4,7,11-12,23H,2-3,5-6,8-9H2,1H3,(H,21,24,25)/t11-,12+,14+,15+/m0/s1. The quantitative estimate of drug-likeness (QED) is 0.437. The van der Waals surface area contributed by atoms with Crippen molar-refractivity contribution in [3.05, 3.63) is 33.1 Å². The second-order valence-electron chi connectivity index (χ2n) is 8.27. The van der Waals surface area contributed by atoms with Crippen LogP contribution in [0.15, 0.2) is 21.9 Å². The number of aliphatic hydroxyl groups excluding tert-OH is 1. The first-order valence-corrected chi connectivity index (χ1v) is 11.1. The average Bonchev–Trinajstić information content (AvgIpc) is 3.32. The van der Waals surface area contributed by atoms with Gasteiger partial charge < -0.3 is 19.3 Å². The maximum absolute atomic E-state index is 12.8. The summed E-state index contributed by atoms with van der Waals surface area (Å²) in [5.74, 6) is -1.14. The predicted octanol–water partition coefficient (Wildman–Crippen LogP) is 0.107. The lowest BCUT2D eigenvalue weighted by atomic mass is 9.88. The van der Waals surface area contributed by atoms with Crippen LogP contribution in [0, 0.1) is 0 Å². The summed E-state index contributed by atoms with van der Waals surface area (Å²) in [4.78, 5) is 25.9. The molecule has 4 atom stereocenters. The van der Waals surface area contributed by atoms with E-state index in [-0.39, 0.29) is 0 Å². The molecule has 0 amide bonds. The summed E-state index contributed by atoms with van der Waals surface area (Å²) >= 11 is 0. The van der Waals surface area contributed by atoms with Gasteiger partial charge in [0.2, 0.25) is 0 Å². The van der Waals surface area contributed by atoms with Crippen LogP contribution in [-0.4, -0.2) is 64.9 Å². The van der Waals surface area contributed by atoms with Gasteiger partial charge in [0.15, 0.2) is 12.0 Å². The molecule has 15 heteroatoms. The van der Waals surface area contributed by atoms with Crippen molar-refractivity contribution in [3.8, 4) is 0 Å². The lowest BCUT2D eigenvalue weighted by Crippen LogP contribution is -2.53. The van der Waals surface area contributed by atoms with Gasteiger partial charge in [0.05, 0.1) is 6.61 Å². The summed E-state index contributed by atoms with van der Waals surface area (Å²) in [5.41, 5.74) is -11.0. The van der Waals surface area contributed by atoms with Crippen LogP contribution in [0.25, 0.3) is 0 Å². The van der Waals surface area contributed by atoms with Gasteiger partial charge in [-0.2, -0.15) is 21.6 Å². The Labute approximate surface area is 179 Å². The molecule has 0 unspecified atom stereocenters. The van der Waals surface area contributed by atoms with E-state index in [4.69, 9.17) is 14.2 Å². The molecule has 1 aliphatic carbocycles. The number of H-pyrrole nitrogens is 1. The Balaban J connectivity index is 1.77. The van der Waals surface area contributed by atoms with Crippen LogP contribution in [0.5, 0.6) is 0 Å². The molecule has 1 saturated carbocycles. The van der Waals surface area contributed by atoms with Gasteiger partial charge in [-0.3, -0.25) is 18.5 Å². The Morgan fingerprint density at radius 3 is 2.50 bits per heavy atom. The minimum Gasteiger partial charge on any atom is -0.393 e. The fourth-order valence-electron chi connectivity index (χ4n) is 4.62. The maximum Gasteiger partial charge on any atom is 0.523 e. The van der Waals surface area contributed by atoms with Crippen LogP contribution in [0.2, 0.25) is 0 Å². The average molecular weight is 486 g/mol. The van der Waals surface area contributed by atoms with Crippen molar-refractivity contribution in [3.63, 3.8) is 0 Å². The Morgan fingerprint density at radius 2 is 1.94 bits per heavy atom. The fraction of sp³-hybridized carbons (Fsp3) is 0.765. The molecule has 0 aromatic carbocycles. The van der Waals surface area contributed by atoms with Crippen molar-refractivity contribution >= 4 is 10.1 Å². The summed E-state index contributed by atoms with van der Waals surface area (Å²) in [6, 6.07) is 1.02. The van der Waals surface area contributed by atoms with Gasteiger partial charge in [0.25, 0.3) is 5.56 Å². The Kier molecular flexibility index (Phi) is 5.38. The van der Waals surface area contributed by atoms with E-state index >= 15 is 0 Å². The number of hydrogen-bond donors (Lipinski definition) is 2. The van der Waals surface area contributed by atoms with Crippen LogP contribution >= 0.6 is 0 Å². The SMILES string of the molecule is C[C@@]12OC3(CCCC3)O[C@@H]1[C@@](CO)(COS(=O)(=O)C(F)(F)F)O[C@H]2n1ccc(=O)[nH]c1=O. The van der Waals surface area contributed by atoms with Crippen LogP contribution in [0.1, 0.15) is 38.8 Å². The number of aromatic amines is 1. The van der Waals surface area contributed by atoms with Gasteiger partial charge in [-0.25, -0.2) is 4.79 Å². The number of fused-ring (bicyclic) bond motifs is 1. The third kappa shape index (κ3) is 3.51. The fourth-order valence-corrected chi connectivity index (χ4v) is 5.11. The molecule has 3 heterocycles. The second kappa shape index (κ2) is 7.36. The lowest BCUT2D eigenvalue weighted by Gasteiger charge is -2.34. The molecular weight excluding hydrogens is 465 g/mol. The largest absolute Gasteiger partial charge is 0.523 e. The number of hydrogen-bond acceptors (Lipinski definition) is 9. The van der Waals surface area contributed by atoms with E-state index in [1.807, 2.05) is 4.98 Å². The number of ether oxygens (including phenoxy) is 3. The van der Waals surface area contributed by atoms with Crippen LogP contribution in [0.4, 0.5) is 13.2 Å². The number of nitrogens with one attached hydrogen (secondary N) is 1. The van der Waals surface area contributed by atoms with E-state index in [0.29, 0.717) is 12.8 Å². The van der Waals surface area contributed by atoms with Crippen molar-refractivity contribution in [2.75, 3.05) is 13.2 Å². The number of alkyl halides is 3. The molecule has 3 aliphatic rings. The molecule has 4 rings (SSSR count). The van der Waals surface area contributed by atoms with Crippen molar-refractivity contribution in [1.82, 2.24) is 9.55 Å². The summed E-state index contributed by atoms with van der Waals surface area (Å²) in [5, 5.41) is 10.1. The molecular formula is C17H21F3N2O9S. The summed E-state index contributed by atoms with van der Waals surface area (Å²) < 4.78 is 84.5. The van der Waals surface area contributed by atoms with Gasteiger partial charge >= 0.3 is 21.3 Å². The van der Waals surface area contributed by atoms with Crippen molar-refractivity contribution in [2.24, 2.45) is 0 Å². The van der Waals surface area contributed by atoms with Crippen molar-refractivity contribution < 1.29 is 45.1 Å². The zero-order valence-corrected chi connectivity index (χ0v) is 17.6. The van der Waals surface area contributed by atoms with Gasteiger partial charge in [0, 0.05) is 25.1 Å². The molecule has 0 bridgehead atoms. The predicted molar refractivity (Wildman–Crippen MR) is 97.8 cm³/mol. The zero-order chi connectivity index (χ0) is 23.6. The highest BCUT2D eigenvalue weighted by Crippen LogP contribution is 2.58. The molecule has 32 heavy (non-hydrogen) atoms. The molecule has 0 radical (unpaired) electrons. The van der Waals surface area contributed by atoms with E-state index in [1.54, 1.807) is 0 Å². The van der Waals surface area contributed by atoms with Crippen molar-refractivity contribution in [2.45, 2.75) is 67.4 Å². The lowest BCUT2D eigenvalue weighted by molar-refractivity contribution is -0.255. The monoisotopic (exact) mass is 486 g/mol. The zero-order valence-electron chi connectivity index (χ0n) is 16.8. The van der Waals surface area contributed by atoms with Gasteiger partial charge in [0.1, 0.15) is 23.9 Å². The summed E-state index contributed by atoms with van der Waals surface area (Å²) in [6.07, 6.45) is 0.755. The molecule has 1 aromatic rings. The third-order valence-electron chi connectivity index (χ3n) is 6.05. The minimum absolute atomic E-state index is 0.440. The molecule has 1 spiro atoms. The number of aromatic nitrogens is 2. The Hall–Kier alpha value is -1.78. The molecule has 180 valence electrons. The van der Waals surface area contributed by atoms with E-state index in [9.17, 15) is 36.3 Å². The second-order valence-corrected chi connectivity index (χ2v) is 9.88. The maximum atomic E-state index is 12.8. The minimum atomic E-state index is -6.01. The number of aliphatic hydroxyl groups is 1.